The SMILES string of the molecule is O=c1ncc(-c2ccc(Nc3nc4c(Cl)cccc4s3)cc2)c[nH]1. The molecule has 118 valence electrons. The lowest BCUT2D eigenvalue weighted by Crippen LogP contribution is -2.07. The van der Waals surface area contributed by atoms with Crippen LogP contribution in [-0.4, -0.2) is 15.0 Å². The smallest absolute Gasteiger partial charge is 0.332 e. The van der Waals surface area contributed by atoms with Crippen LogP contribution in [0.25, 0.3) is 21.3 Å². The molecule has 0 radical (unpaired) electrons. The Balaban J connectivity index is 1.59. The zero-order chi connectivity index (χ0) is 16.5. The van der Waals surface area contributed by atoms with Gasteiger partial charge in [0.2, 0.25) is 0 Å². The number of hydrogen-bond donors (Lipinski definition) is 2. The minimum absolute atomic E-state index is 0.355. The van der Waals surface area contributed by atoms with Crippen molar-refractivity contribution in [3.63, 3.8) is 0 Å². The number of aromatic nitrogens is 3. The summed E-state index contributed by atoms with van der Waals surface area (Å²) in [7, 11) is 0. The summed E-state index contributed by atoms with van der Waals surface area (Å²) in [6.07, 6.45) is 3.20. The molecule has 0 atom stereocenters. The van der Waals surface area contributed by atoms with E-state index in [1.807, 2.05) is 42.5 Å². The molecular formula is C17H11ClN4OS. The quantitative estimate of drug-likeness (QED) is 0.570. The summed E-state index contributed by atoms with van der Waals surface area (Å²) in [6, 6.07) is 13.6. The molecular weight excluding hydrogens is 344 g/mol. The zero-order valence-corrected chi connectivity index (χ0v) is 13.9. The van der Waals surface area contributed by atoms with Gasteiger partial charge >= 0.3 is 5.69 Å². The molecule has 24 heavy (non-hydrogen) atoms. The first-order valence-corrected chi connectivity index (χ1v) is 8.36. The number of anilines is 2. The molecule has 0 fully saturated rings. The van der Waals surface area contributed by atoms with Crippen LogP contribution in [0.4, 0.5) is 10.8 Å². The maximum absolute atomic E-state index is 11.0. The van der Waals surface area contributed by atoms with Crippen molar-refractivity contribution in [2.75, 3.05) is 5.32 Å². The summed E-state index contributed by atoms with van der Waals surface area (Å²) in [5, 5.41) is 4.72. The summed E-state index contributed by atoms with van der Waals surface area (Å²) < 4.78 is 1.04. The molecule has 0 aliphatic carbocycles. The van der Waals surface area contributed by atoms with Gasteiger partial charge in [0.15, 0.2) is 5.13 Å². The third kappa shape index (κ3) is 2.89. The Morgan fingerprint density at radius 1 is 1.08 bits per heavy atom. The number of nitrogens with zero attached hydrogens (tertiary/aromatic N) is 2. The van der Waals surface area contributed by atoms with E-state index >= 15 is 0 Å². The largest absolute Gasteiger partial charge is 0.344 e. The van der Waals surface area contributed by atoms with Gasteiger partial charge in [-0.1, -0.05) is 41.1 Å². The van der Waals surface area contributed by atoms with Crippen LogP contribution in [0.15, 0.2) is 59.7 Å². The molecule has 2 aromatic heterocycles. The topological polar surface area (TPSA) is 70.7 Å². The van der Waals surface area contributed by atoms with Crippen LogP contribution in [0.1, 0.15) is 0 Å². The van der Waals surface area contributed by atoms with Crippen molar-refractivity contribution in [1.29, 1.82) is 0 Å². The maximum atomic E-state index is 11.0. The molecule has 0 saturated heterocycles. The fourth-order valence-corrected chi connectivity index (χ4v) is 3.52. The van der Waals surface area contributed by atoms with Crippen molar-refractivity contribution in [1.82, 2.24) is 15.0 Å². The van der Waals surface area contributed by atoms with Gasteiger partial charge in [-0.05, 0) is 29.8 Å². The van der Waals surface area contributed by atoms with Gasteiger partial charge in [-0.3, -0.25) is 0 Å². The maximum Gasteiger partial charge on any atom is 0.344 e. The molecule has 4 aromatic rings. The summed E-state index contributed by atoms with van der Waals surface area (Å²) in [6.45, 7) is 0. The Morgan fingerprint density at radius 2 is 1.92 bits per heavy atom. The average Bonchev–Trinajstić information content (AvgIpc) is 3.00. The second-order valence-corrected chi connectivity index (χ2v) is 6.55. The van der Waals surface area contributed by atoms with Crippen LogP contribution >= 0.6 is 22.9 Å². The van der Waals surface area contributed by atoms with Crippen LogP contribution in [0.3, 0.4) is 0 Å². The number of thiazole rings is 1. The lowest BCUT2D eigenvalue weighted by Gasteiger charge is -2.04. The van der Waals surface area contributed by atoms with Crippen molar-refractivity contribution >= 4 is 44.0 Å². The number of hydrogen-bond acceptors (Lipinski definition) is 5. The number of para-hydroxylation sites is 1. The number of rotatable bonds is 3. The van der Waals surface area contributed by atoms with Crippen molar-refractivity contribution < 1.29 is 0 Å². The van der Waals surface area contributed by atoms with Crippen LogP contribution in [0.5, 0.6) is 0 Å². The molecule has 2 heterocycles. The van der Waals surface area contributed by atoms with Crippen LogP contribution in [-0.2, 0) is 0 Å². The van der Waals surface area contributed by atoms with Crippen LogP contribution in [0, 0.1) is 0 Å². The number of benzene rings is 2. The summed E-state index contributed by atoms with van der Waals surface area (Å²) in [4.78, 5) is 21.8. The Morgan fingerprint density at radius 3 is 2.62 bits per heavy atom. The number of halogens is 1. The highest BCUT2D eigenvalue weighted by atomic mass is 35.5. The standard InChI is InChI=1S/C17H11ClN4OS/c18-13-2-1-3-14-15(13)22-17(24-14)21-12-6-4-10(5-7-12)11-8-19-16(23)20-9-11/h1-9H,(H,21,22)(H,19,20,23). The molecule has 0 bridgehead atoms. The monoisotopic (exact) mass is 354 g/mol. The minimum Gasteiger partial charge on any atom is -0.332 e. The van der Waals surface area contributed by atoms with Gasteiger partial charge in [-0.2, -0.15) is 0 Å². The van der Waals surface area contributed by atoms with Gasteiger partial charge in [0.05, 0.1) is 9.72 Å². The van der Waals surface area contributed by atoms with Crippen molar-refractivity contribution in [3.05, 3.63) is 70.4 Å². The van der Waals surface area contributed by atoms with Gasteiger partial charge in [-0.15, -0.1) is 0 Å². The van der Waals surface area contributed by atoms with E-state index in [2.05, 4.69) is 20.3 Å². The molecule has 0 saturated carbocycles. The van der Waals surface area contributed by atoms with Crippen molar-refractivity contribution in [2.45, 2.75) is 0 Å². The normalized spacial score (nSPS) is 10.9. The molecule has 7 heteroatoms. The molecule has 4 rings (SSSR count). The highest BCUT2D eigenvalue weighted by Gasteiger charge is 2.07. The van der Waals surface area contributed by atoms with Crippen molar-refractivity contribution in [3.8, 4) is 11.1 Å². The Labute approximate surface area is 146 Å². The second-order valence-electron chi connectivity index (χ2n) is 5.12. The van der Waals surface area contributed by atoms with Gasteiger partial charge in [0.1, 0.15) is 5.52 Å². The predicted molar refractivity (Wildman–Crippen MR) is 98.2 cm³/mol. The lowest BCUT2D eigenvalue weighted by molar-refractivity contribution is 1.08. The van der Waals surface area contributed by atoms with Gasteiger partial charge in [0, 0.05) is 23.6 Å². The van der Waals surface area contributed by atoms with Gasteiger partial charge in [0.25, 0.3) is 0 Å². The van der Waals surface area contributed by atoms with Crippen molar-refractivity contribution in [2.24, 2.45) is 0 Å². The molecule has 2 aromatic carbocycles. The summed E-state index contributed by atoms with van der Waals surface area (Å²) >= 11 is 7.71. The van der Waals surface area contributed by atoms with Crippen LogP contribution < -0.4 is 11.0 Å². The van der Waals surface area contributed by atoms with E-state index in [4.69, 9.17) is 11.6 Å². The van der Waals surface area contributed by atoms with E-state index in [-0.39, 0.29) is 5.69 Å². The highest BCUT2D eigenvalue weighted by Crippen LogP contribution is 2.32. The molecule has 0 amide bonds. The number of nitrogens with one attached hydrogen (secondary N) is 2. The Hall–Kier alpha value is -2.70. The summed E-state index contributed by atoms with van der Waals surface area (Å²) in [5.74, 6) is 0. The lowest BCUT2D eigenvalue weighted by atomic mass is 10.1. The number of aromatic amines is 1. The van der Waals surface area contributed by atoms with Gasteiger partial charge < -0.3 is 10.3 Å². The summed E-state index contributed by atoms with van der Waals surface area (Å²) in [5.41, 5.74) is 3.20. The van der Waals surface area contributed by atoms with Gasteiger partial charge in [-0.25, -0.2) is 14.8 Å². The first kappa shape index (κ1) is 14.9. The van der Waals surface area contributed by atoms with E-state index < -0.39 is 0 Å². The fraction of sp³-hybridized carbons (Fsp3) is 0. The van der Waals surface area contributed by atoms with E-state index in [1.165, 1.54) is 0 Å². The Bertz CT molecular complexity index is 1050. The van der Waals surface area contributed by atoms with E-state index in [9.17, 15) is 4.79 Å². The highest BCUT2D eigenvalue weighted by molar-refractivity contribution is 7.22. The van der Waals surface area contributed by atoms with E-state index in [1.54, 1.807) is 23.7 Å². The minimum atomic E-state index is -0.355. The number of H-pyrrole nitrogens is 1. The average molecular weight is 355 g/mol. The molecule has 0 aliphatic heterocycles. The first-order chi connectivity index (χ1) is 11.7. The van der Waals surface area contributed by atoms with E-state index in [0.717, 1.165) is 32.2 Å². The molecule has 5 nitrogen and oxygen atoms in total. The number of fused-ring (bicyclic) bond motifs is 1. The first-order valence-electron chi connectivity index (χ1n) is 7.16. The zero-order valence-electron chi connectivity index (χ0n) is 12.3. The van der Waals surface area contributed by atoms with E-state index in [0.29, 0.717) is 5.02 Å². The molecule has 0 aliphatic rings. The van der Waals surface area contributed by atoms with Crippen LogP contribution in [0.2, 0.25) is 5.02 Å². The Kier molecular flexibility index (Phi) is 3.76. The second kappa shape index (κ2) is 6.07. The fourth-order valence-electron chi connectivity index (χ4n) is 2.34. The predicted octanol–water partition coefficient (Wildman–Crippen LogP) is 4.44. The molecule has 0 unspecified atom stereocenters. The molecule has 0 spiro atoms. The third-order valence-corrected chi connectivity index (χ3v) is 4.75. The molecule has 2 N–H and O–H groups in total. The third-order valence-electron chi connectivity index (χ3n) is 3.51.